The fourth-order valence-electron chi connectivity index (χ4n) is 4.14. The zero-order valence-electron chi connectivity index (χ0n) is 11.1. The molecule has 0 saturated heterocycles. The summed E-state index contributed by atoms with van der Waals surface area (Å²) < 4.78 is 0. The first-order chi connectivity index (χ1) is 7.35. The third-order valence-corrected chi connectivity index (χ3v) is 5.30. The summed E-state index contributed by atoms with van der Waals surface area (Å²) in [5.41, 5.74) is 1.25. The minimum absolute atomic E-state index is 0.383. The summed E-state index contributed by atoms with van der Waals surface area (Å²) in [5.74, 6) is 1.12. The van der Waals surface area contributed by atoms with Crippen LogP contribution in [0.5, 0.6) is 0 Å². The Hall–Kier alpha value is -0.300. The van der Waals surface area contributed by atoms with Crippen molar-refractivity contribution in [2.75, 3.05) is 0 Å². The summed E-state index contributed by atoms with van der Waals surface area (Å²) >= 11 is 0. The first kappa shape index (κ1) is 12.2. The van der Waals surface area contributed by atoms with E-state index < -0.39 is 5.60 Å². The van der Waals surface area contributed by atoms with E-state index in [0.717, 1.165) is 12.8 Å². The Morgan fingerprint density at radius 2 is 1.94 bits per heavy atom. The van der Waals surface area contributed by atoms with E-state index in [4.69, 9.17) is 0 Å². The van der Waals surface area contributed by atoms with Gasteiger partial charge in [-0.2, -0.15) is 0 Å². The van der Waals surface area contributed by atoms with E-state index in [2.05, 4.69) is 27.4 Å². The molecular weight excluding hydrogens is 196 g/mol. The molecule has 0 aromatic heterocycles. The zero-order valence-corrected chi connectivity index (χ0v) is 11.1. The van der Waals surface area contributed by atoms with Gasteiger partial charge in [0.25, 0.3) is 0 Å². The Morgan fingerprint density at radius 3 is 2.56 bits per heavy atom. The molecule has 2 saturated carbocycles. The summed E-state index contributed by atoms with van der Waals surface area (Å²) in [6.45, 7) is 10.7. The molecule has 0 radical (unpaired) electrons. The molecule has 92 valence electrons. The number of aliphatic hydroxyl groups is 1. The van der Waals surface area contributed by atoms with E-state index >= 15 is 0 Å². The standard InChI is InChI=1S/C15H26O/c1-11(2)12-6-9-14(3)7-5-8-15(4,16)13(14)10-12/h12-13,16H,1,5-10H2,2-4H3/t12-,13-,14-,15-/m1/s1. The molecule has 1 N–H and O–H groups in total. The molecule has 0 aliphatic heterocycles. The maximum atomic E-state index is 10.6. The van der Waals surface area contributed by atoms with Crippen LogP contribution in [0.15, 0.2) is 12.2 Å². The molecule has 1 heteroatoms. The van der Waals surface area contributed by atoms with E-state index in [-0.39, 0.29) is 0 Å². The van der Waals surface area contributed by atoms with Gasteiger partial charge < -0.3 is 5.11 Å². The van der Waals surface area contributed by atoms with Gasteiger partial charge in [0.2, 0.25) is 0 Å². The van der Waals surface area contributed by atoms with Crippen LogP contribution in [0.3, 0.4) is 0 Å². The second kappa shape index (κ2) is 3.87. The van der Waals surface area contributed by atoms with Crippen LogP contribution in [-0.4, -0.2) is 10.7 Å². The van der Waals surface area contributed by atoms with Crippen LogP contribution < -0.4 is 0 Å². The van der Waals surface area contributed by atoms with E-state index in [1.54, 1.807) is 0 Å². The predicted octanol–water partition coefficient (Wildman–Crippen LogP) is 3.92. The molecule has 0 heterocycles. The second-order valence-corrected chi connectivity index (χ2v) is 6.73. The van der Waals surface area contributed by atoms with Crippen molar-refractivity contribution in [3.8, 4) is 0 Å². The maximum absolute atomic E-state index is 10.6. The zero-order chi connectivity index (χ0) is 12.0. The third-order valence-electron chi connectivity index (χ3n) is 5.30. The summed E-state index contributed by atoms with van der Waals surface area (Å²) in [6, 6.07) is 0. The van der Waals surface area contributed by atoms with Crippen LogP contribution in [-0.2, 0) is 0 Å². The Bertz CT molecular complexity index is 292. The number of hydrogen-bond donors (Lipinski definition) is 1. The summed E-state index contributed by atoms with van der Waals surface area (Å²) in [7, 11) is 0. The van der Waals surface area contributed by atoms with Crippen molar-refractivity contribution >= 4 is 0 Å². The van der Waals surface area contributed by atoms with Crippen LogP contribution in [0, 0.1) is 17.3 Å². The summed E-state index contributed by atoms with van der Waals surface area (Å²) in [5, 5.41) is 10.6. The monoisotopic (exact) mass is 222 g/mol. The molecule has 4 atom stereocenters. The van der Waals surface area contributed by atoms with Gasteiger partial charge in [-0.15, -0.1) is 0 Å². The number of fused-ring (bicyclic) bond motifs is 1. The molecule has 2 fully saturated rings. The SMILES string of the molecule is C=C(C)[C@@H]1CC[C@@]2(C)CCC[C@@](C)(O)[C@@H]2C1. The highest BCUT2D eigenvalue weighted by Crippen LogP contribution is 2.56. The van der Waals surface area contributed by atoms with Crippen molar-refractivity contribution in [1.82, 2.24) is 0 Å². The fraction of sp³-hybridized carbons (Fsp3) is 0.867. The minimum atomic E-state index is -0.443. The lowest BCUT2D eigenvalue weighted by Gasteiger charge is -2.54. The van der Waals surface area contributed by atoms with Crippen molar-refractivity contribution < 1.29 is 5.11 Å². The van der Waals surface area contributed by atoms with Crippen molar-refractivity contribution in [2.24, 2.45) is 17.3 Å². The van der Waals surface area contributed by atoms with Gasteiger partial charge in [-0.25, -0.2) is 0 Å². The number of allylic oxidation sites excluding steroid dienone is 1. The Labute approximate surface area is 99.9 Å². The highest BCUT2D eigenvalue weighted by atomic mass is 16.3. The van der Waals surface area contributed by atoms with E-state index in [1.165, 1.54) is 31.3 Å². The second-order valence-electron chi connectivity index (χ2n) is 6.73. The van der Waals surface area contributed by atoms with Crippen LogP contribution in [0.4, 0.5) is 0 Å². The Morgan fingerprint density at radius 1 is 1.25 bits per heavy atom. The van der Waals surface area contributed by atoms with E-state index in [9.17, 15) is 5.11 Å². The Kier molecular flexibility index (Phi) is 2.94. The molecule has 1 nitrogen and oxygen atoms in total. The van der Waals surface area contributed by atoms with Crippen molar-refractivity contribution in [3.63, 3.8) is 0 Å². The number of rotatable bonds is 1. The Balaban J connectivity index is 2.21. The average Bonchev–Trinajstić information content (AvgIpc) is 2.15. The number of hydrogen-bond acceptors (Lipinski definition) is 1. The van der Waals surface area contributed by atoms with Crippen molar-refractivity contribution in [3.05, 3.63) is 12.2 Å². The van der Waals surface area contributed by atoms with Crippen molar-refractivity contribution in [2.45, 2.75) is 64.9 Å². The van der Waals surface area contributed by atoms with Crippen LogP contribution in [0.1, 0.15) is 59.3 Å². The maximum Gasteiger partial charge on any atom is 0.0653 e. The lowest BCUT2D eigenvalue weighted by atomic mass is 9.53. The van der Waals surface area contributed by atoms with Gasteiger partial charge in [-0.1, -0.05) is 25.5 Å². The molecular formula is C15H26O. The van der Waals surface area contributed by atoms with Gasteiger partial charge in [0.1, 0.15) is 0 Å². The summed E-state index contributed by atoms with van der Waals surface area (Å²) in [6.07, 6.45) is 7.17. The largest absolute Gasteiger partial charge is 0.390 e. The van der Waals surface area contributed by atoms with Crippen LogP contribution >= 0.6 is 0 Å². The van der Waals surface area contributed by atoms with E-state index in [1.807, 2.05) is 0 Å². The molecule has 0 aromatic rings. The van der Waals surface area contributed by atoms with Gasteiger partial charge in [-0.3, -0.25) is 0 Å². The average molecular weight is 222 g/mol. The topological polar surface area (TPSA) is 20.2 Å². The van der Waals surface area contributed by atoms with Crippen molar-refractivity contribution in [1.29, 1.82) is 0 Å². The van der Waals surface area contributed by atoms with E-state index in [0.29, 0.717) is 17.3 Å². The molecule has 0 spiro atoms. The molecule has 0 aromatic carbocycles. The van der Waals surface area contributed by atoms with Crippen LogP contribution in [0.2, 0.25) is 0 Å². The van der Waals surface area contributed by atoms with Gasteiger partial charge >= 0.3 is 0 Å². The molecule has 2 aliphatic rings. The normalized spacial score (nSPS) is 48.5. The first-order valence-corrected chi connectivity index (χ1v) is 6.73. The third kappa shape index (κ3) is 1.95. The molecule has 0 bridgehead atoms. The predicted molar refractivity (Wildman–Crippen MR) is 68.2 cm³/mol. The quantitative estimate of drug-likeness (QED) is 0.667. The fourth-order valence-corrected chi connectivity index (χ4v) is 4.14. The molecule has 16 heavy (non-hydrogen) atoms. The molecule has 2 rings (SSSR count). The molecule has 2 aliphatic carbocycles. The summed E-state index contributed by atoms with van der Waals surface area (Å²) in [4.78, 5) is 0. The van der Waals surface area contributed by atoms with Gasteiger partial charge in [0.15, 0.2) is 0 Å². The first-order valence-electron chi connectivity index (χ1n) is 6.73. The highest BCUT2D eigenvalue weighted by molar-refractivity contribution is 5.07. The lowest BCUT2D eigenvalue weighted by Crippen LogP contribution is -2.51. The van der Waals surface area contributed by atoms with Gasteiger partial charge in [0, 0.05) is 0 Å². The highest BCUT2D eigenvalue weighted by Gasteiger charge is 2.50. The van der Waals surface area contributed by atoms with Gasteiger partial charge in [0.05, 0.1) is 5.60 Å². The van der Waals surface area contributed by atoms with Crippen LogP contribution in [0.25, 0.3) is 0 Å². The lowest BCUT2D eigenvalue weighted by molar-refractivity contribution is -0.120. The minimum Gasteiger partial charge on any atom is -0.390 e. The molecule has 0 amide bonds. The molecule has 0 unspecified atom stereocenters. The van der Waals surface area contributed by atoms with Gasteiger partial charge in [-0.05, 0) is 63.2 Å². The smallest absolute Gasteiger partial charge is 0.0653 e.